The van der Waals surface area contributed by atoms with Gasteiger partial charge < -0.3 is 18.9 Å². The van der Waals surface area contributed by atoms with Crippen LogP contribution in [0.3, 0.4) is 0 Å². The number of esters is 2. The molecule has 0 bridgehead atoms. The molecule has 0 unspecified atom stereocenters. The average molecular weight is 571 g/mol. The minimum absolute atomic E-state index is 0.171. The Balaban J connectivity index is 1.65. The van der Waals surface area contributed by atoms with E-state index < -0.39 is 11.9 Å². The molecule has 0 N–H and O–H groups in total. The normalized spacial score (nSPS) is 11.4. The highest BCUT2D eigenvalue weighted by Crippen LogP contribution is 2.37. The van der Waals surface area contributed by atoms with Crippen molar-refractivity contribution in [2.45, 2.75) is 52.4 Å². The van der Waals surface area contributed by atoms with Gasteiger partial charge in [0.25, 0.3) is 0 Å². The molecule has 0 aliphatic carbocycles. The van der Waals surface area contributed by atoms with Crippen molar-refractivity contribution in [2.24, 2.45) is 0 Å². The summed E-state index contributed by atoms with van der Waals surface area (Å²) in [5, 5.41) is 0. The topological polar surface area (TPSA) is 71.1 Å². The lowest BCUT2D eigenvalue weighted by Crippen LogP contribution is -2.23. The first-order valence-electron chi connectivity index (χ1n) is 14.1. The summed E-state index contributed by atoms with van der Waals surface area (Å²) in [4.78, 5) is 23.0. The fourth-order valence-electron chi connectivity index (χ4n) is 4.40. The van der Waals surface area contributed by atoms with Crippen LogP contribution in [0.4, 0.5) is 0 Å². The molecule has 0 fully saturated rings. The van der Waals surface area contributed by atoms with E-state index in [0.29, 0.717) is 11.1 Å². The van der Waals surface area contributed by atoms with Crippen molar-refractivity contribution in [3.8, 4) is 11.5 Å². The van der Waals surface area contributed by atoms with Crippen LogP contribution in [0.1, 0.15) is 63.8 Å². The molecule has 0 aromatic heterocycles. The SMILES string of the molecule is C=C(C)C(=O)OCCOc1ccc(C(C)(C)c2cccc(C(C)(C)c3ccc(OCCOC(=O)C(=C)C)cc3)c2)cc1. The lowest BCUT2D eigenvalue weighted by molar-refractivity contribution is -0.140. The zero-order valence-corrected chi connectivity index (χ0v) is 25.6. The first-order chi connectivity index (χ1) is 19.8. The van der Waals surface area contributed by atoms with Crippen LogP contribution in [0.5, 0.6) is 11.5 Å². The average Bonchev–Trinajstić information content (AvgIpc) is 2.97. The van der Waals surface area contributed by atoms with Crippen molar-refractivity contribution in [2.75, 3.05) is 26.4 Å². The summed E-state index contributed by atoms with van der Waals surface area (Å²) >= 11 is 0. The van der Waals surface area contributed by atoms with E-state index in [1.54, 1.807) is 13.8 Å². The third kappa shape index (κ3) is 8.35. The van der Waals surface area contributed by atoms with Crippen LogP contribution in [-0.4, -0.2) is 38.4 Å². The molecule has 0 saturated heterocycles. The van der Waals surface area contributed by atoms with Gasteiger partial charge in [-0.05, 0) is 60.4 Å². The Labute approximate surface area is 250 Å². The molecule has 6 heteroatoms. The molecule has 0 saturated carbocycles. The van der Waals surface area contributed by atoms with Crippen LogP contribution in [0.25, 0.3) is 0 Å². The fraction of sp³-hybridized carbons (Fsp3) is 0.333. The van der Waals surface area contributed by atoms with Gasteiger partial charge in [-0.25, -0.2) is 9.59 Å². The van der Waals surface area contributed by atoms with Gasteiger partial charge in [-0.3, -0.25) is 0 Å². The highest BCUT2D eigenvalue weighted by Gasteiger charge is 2.28. The van der Waals surface area contributed by atoms with Crippen LogP contribution in [0, 0.1) is 0 Å². The summed E-state index contributed by atoms with van der Waals surface area (Å²) in [5.41, 5.74) is 4.99. The third-order valence-electron chi connectivity index (χ3n) is 7.33. The van der Waals surface area contributed by atoms with E-state index in [9.17, 15) is 9.59 Å². The van der Waals surface area contributed by atoms with Gasteiger partial charge in [-0.1, -0.05) is 89.4 Å². The van der Waals surface area contributed by atoms with Crippen molar-refractivity contribution in [3.63, 3.8) is 0 Å². The minimum Gasteiger partial charge on any atom is -0.490 e. The second kappa shape index (κ2) is 14.0. The monoisotopic (exact) mass is 570 g/mol. The minimum atomic E-state index is -0.414. The van der Waals surface area contributed by atoms with Crippen LogP contribution in [0.15, 0.2) is 97.1 Å². The first-order valence-corrected chi connectivity index (χ1v) is 14.1. The summed E-state index contributed by atoms with van der Waals surface area (Å²) in [7, 11) is 0. The largest absolute Gasteiger partial charge is 0.490 e. The van der Waals surface area contributed by atoms with Crippen LogP contribution < -0.4 is 9.47 Å². The Morgan fingerprint density at radius 3 is 1.26 bits per heavy atom. The Kier molecular flexibility index (Phi) is 10.8. The molecular formula is C36H42O6. The van der Waals surface area contributed by atoms with Gasteiger partial charge in [0.05, 0.1) is 0 Å². The third-order valence-corrected chi connectivity index (χ3v) is 7.33. The Bertz CT molecular complexity index is 1290. The van der Waals surface area contributed by atoms with Crippen molar-refractivity contribution in [3.05, 3.63) is 119 Å². The van der Waals surface area contributed by atoms with Gasteiger partial charge in [0, 0.05) is 22.0 Å². The lowest BCUT2D eigenvalue weighted by Gasteiger charge is -2.31. The van der Waals surface area contributed by atoms with Crippen molar-refractivity contribution in [1.29, 1.82) is 0 Å². The predicted octanol–water partition coefficient (Wildman–Crippen LogP) is 7.33. The molecule has 0 amide bonds. The van der Waals surface area contributed by atoms with E-state index in [4.69, 9.17) is 18.9 Å². The van der Waals surface area contributed by atoms with Gasteiger partial charge in [-0.15, -0.1) is 0 Å². The summed E-state index contributed by atoms with van der Waals surface area (Å²) in [5.74, 6) is 0.609. The second-order valence-corrected chi connectivity index (χ2v) is 11.4. The van der Waals surface area contributed by atoms with Gasteiger partial charge >= 0.3 is 11.9 Å². The predicted molar refractivity (Wildman–Crippen MR) is 166 cm³/mol. The molecular weight excluding hydrogens is 528 g/mol. The molecule has 3 rings (SSSR count). The zero-order valence-electron chi connectivity index (χ0n) is 25.6. The maximum absolute atomic E-state index is 11.5. The molecule has 3 aromatic rings. The molecule has 0 aliphatic rings. The molecule has 6 nitrogen and oxygen atoms in total. The molecule has 0 atom stereocenters. The summed E-state index contributed by atoms with van der Waals surface area (Å²) < 4.78 is 21.6. The number of hydrogen-bond acceptors (Lipinski definition) is 6. The molecule has 0 radical (unpaired) electrons. The van der Waals surface area contributed by atoms with Crippen molar-refractivity contribution in [1.82, 2.24) is 0 Å². The molecule has 0 heterocycles. The van der Waals surface area contributed by atoms with E-state index >= 15 is 0 Å². The second-order valence-electron chi connectivity index (χ2n) is 11.4. The van der Waals surface area contributed by atoms with Crippen LogP contribution in [0.2, 0.25) is 0 Å². The van der Waals surface area contributed by atoms with Gasteiger partial charge in [0.15, 0.2) is 0 Å². The van der Waals surface area contributed by atoms with Crippen molar-refractivity contribution >= 4 is 11.9 Å². The number of rotatable bonds is 14. The van der Waals surface area contributed by atoms with E-state index in [2.05, 4.69) is 89.4 Å². The molecule has 222 valence electrons. The van der Waals surface area contributed by atoms with Gasteiger partial charge in [-0.2, -0.15) is 0 Å². The number of hydrogen-bond donors (Lipinski definition) is 0. The number of benzene rings is 3. The summed E-state index contributed by atoms with van der Waals surface area (Å²) in [6.07, 6.45) is 0. The highest BCUT2D eigenvalue weighted by atomic mass is 16.6. The zero-order chi connectivity index (χ0) is 30.9. The Morgan fingerprint density at radius 1 is 0.571 bits per heavy atom. The molecule has 0 spiro atoms. The first kappa shape index (κ1) is 32.2. The lowest BCUT2D eigenvalue weighted by atomic mass is 9.73. The number of ether oxygens (including phenoxy) is 4. The fourth-order valence-corrected chi connectivity index (χ4v) is 4.40. The van der Waals surface area contributed by atoms with Gasteiger partial charge in [0.1, 0.15) is 37.9 Å². The summed E-state index contributed by atoms with van der Waals surface area (Å²) in [6.45, 7) is 20.1. The Morgan fingerprint density at radius 2 is 0.929 bits per heavy atom. The molecule has 0 aliphatic heterocycles. The van der Waals surface area contributed by atoms with E-state index in [0.717, 1.165) is 22.6 Å². The summed E-state index contributed by atoms with van der Waals surface area (Å²) in [6, 6.07) is 24.8. The smallest absolute Gasteiger partial charge is 0.333 e. The van der Waals surface area contributed by atoms with E-state index in [1.807, 2.05) is 24.3 Å². The van der Waals surface area contributed by atoms with E-state index in [1.165, 1.54) is 11.1 Å². The Hall–Kier alpha value is -4.32. The standard InChI is InChI=1S/C36H42O6/c1-25(2)33(37)41-22-20-39-31-16-12-27(13-17-31)35(5,6)29-10-9-11-30(24-29)36(7,8)28-14-18-32(19-15-28)40-21-23-42-34(38)26(3)4/h9-19,24H,1,3,20-23H2,2,4-8H3. The maximum atomic E-state index is 11.5. The maximum Gasteiger partial charge on any atom is 0.333 e. The van der Waals surface area contributed by atoms with Crippen molar-refractivity contribution < 1.29 is 28.5 Å². The number of carbonyl (C=O) groups excluding carboxylic acids is 2. The van der Waals surface area contributed by atoms with Crippen LogP contribution >= 0.6 is 0 Å². The molecule has 42 heavy (non-hydrogen) atoms. The molecule has 3 aromatic carbocycles. The van der Waals surface area contributed by atoms with Crippen LogP contribution in [-0.2, 0) is 29.9 Å². The highest BCUT2D eigenvalue weighted by molar-refractivity contribution is 5.87. The number of carbonyl (C=O) groups is 2. The quantitative estimate of drug-likeness (QED) is 0.115. The van der Waals surface area contributed by atoms with Gasteiger partial charge in [0.2, 0.25) is 0 Å². The van der Waals surface area contributed by atoms with E-state index in [-0.39, 0.29) is 37.3 Å².